The molecule has 0 aromatic heterocycles. The number of nitrogens with zero attached hydrogens (tertiary/aromatic N) is 4. The molecule has 0 heterocycles. The molecular weight excluding hydrogens is 971 g/mol. The maximum absolute atomic E-state index is 14.3. The van der Waals surface area contributed by atoms with Gasteiger partial charge >= 0.3 is 30.3 Å². The molecule has 0 radical (unpaired) electrons. The Balaban J connectivity index is 1.13. The Hall–Kier alpha value is -9.21. The Morgan fingerprint density at radius 2 is 0.932 bits per heavy atom. The molecule has 73 heavy (non-hydrogen) atoms. The van der Waals surface area contributed by atoms with Gasteiger partial charge in [-0.15, -0.1) is 0 Å². The number of ether oxygens (including phenoxy) is 4. The lowest BCUT2D eigenvalue weighted by Crippen LogP contribution is -2.15. The van der Waals surface area contributed by atoms with Crippen molar-refractivity contribution < 1.29 is 74.4 Å². The van der Waals surface area contributed by atoms with Crippen LogP contribution in [0.5, 0.6) is 23.0 Å². The molecule has 0 aliphatic rings. The molecule has 6 aromatic rings. The number of carbonyl (C=O) groups is 5. The lowest BCUT2D eigenvalue weighted by atomic mass is 9.94. The molecule has 16 nitrogen and oxygen atoms in total. The first-order valence-electron chi connectivity index (χ1n) is 21.6. The van der Waals surface area contributed by atoms with Crippen molar-refractivity contribution in [2.75, 3.05) is 13.2 Å². The molecule has 5 N–H and O–H groups in total. The molecule has 0 saturated carbocycles. The lowest BCUT2D eigenvalue weighted by Gasteiger charge is -2.14. The first-order valence-corrected chi connectivity index (χ1v) is 21.6. The summed E-state index contributed by atoms with van der Waals surface area (Å²) in [5, 5.41) is 25.0. The van der Waals surface area contributed by atoms with Crippen molar-refractivity contribution in [3.63, 3.8) is 0 Å². The molecule has 0 aliphatic heterocycles. The van der Waals surface area contributed by atoms with E-state index in [4.69, 9.17) is 30.4 Å². The van der Waals surface area contributed by atoms with E-state index < -0.39 is 64.7 Å². The number of halogens is 6. The number of alkyl halides is 6. The summed E-state index contributed by atoms with van der Waals surface area (Å²) in [6.07, 6.45) is -5.95. The fourth-order valence-electron chi connectivity index (χ4n) is 6.66. The fourth-order valence-corrected chi connectivity index (χ4v) is 6.66. The highest BCUT2D eigenvalue weighted by Crippen LogP contribution is 2.41. The Morgan fingerprint density at radius 1 is 0.534 bits per heavy atom. The van der Waals surface area contributed by atoms with Gasteiger partial charge in [-0.2, -0.15) is 46.8 Å². The molecule has 22 heteroatoms. The molecule has 0 atom stereocenters. The fraction of sp³-hybridized carbons (Fsp3) is 0.157. The van der Waals surface area contributed by atoms with Crippen LogP contribution in [0.4, 0.5) is 49.1 Å². The number of benzene rings is 6. The second-order valence-electron chi connectivity index (χ2n) is 15.4. The first-order chi connectivity index (χ1) is 34.7. The van der Waals surface area contributed by atoms with Crippen molar-refractivity contribution in [2.45, 2.75) is 38.0 Å². The van der Waals surface area contributed by atoms with Gasteiger partial charge in [-0.3, -0.25) is 9.59 Å². The standard InChI is InChI=1S/C51H40F6N6O10/c1-2-45(65)71-24-6-4-3-5-23-70-36-17-9-30(10-18-36)49(69)73-44-22-14-34(28-42(44)51(55,56)57)63-61-32-12-20-38(40(26-32)47(59)67)37-19-11-31(25-39(37)46(58)66)60-62-33-13-21-43(41(27-33)50(52,53)54)72-48(68)29-7-15-35(64)16-8-29/h2,7-22,25-28,64H,1,3-6,23-24H2,(H2,58,66)(H2,59,67). The van der Waals surface area contributed by atoms with Crippen LogP contribution >= 0.6 is 0 Å². The monoisotopic (exact) mass is 1010 g/mol. The van der Waals surface area contributed by atoms with E-state index in [1.807, 2.05) is 0 Å². The van der Waals surface area contributed by atoms with E-state index in [9.17, 15) is 55.4 Å². The summed E-state index contributed by atoms with van der Waals surface area (Å²) in [7, 11) is 0. The van der Waals surface area contributed by atoms with Crippen LogP contribution in [0, 0.1) is 0 Å². The third kappa shape index (κ3) is 14.7. The van der Waals surface area contributed by atoms with Crippen LogP contribution in [0.1, 0.15) is 78.2 Å². The van der Waals surface area contributed by atoms with Crippen molar-refractivity contribution in [1.82, 2.24) is 0 Å². The number of aromatic hydroxyl groups is 1. The van der Waals surface area contributed by atoms with E-state index in [2.05, 4.69) is 27.0 Å². The number of esters is 3. The molecule has 6 rings (SSSR count). The zero-order chi connectivity index (χ0) is 52.9. The third-order valence-electron chi connectivity index (χ3n) is 10.2. The minimum Gasteiger partial charge on any atom is -0.508 e. The molecule has 0 spiro atoms. The number of hydrogen-bond acceptors (Lipinski definition) is 14. The van der Waals surface area contributed by atoms with Crippen LogP contribution in [-0.4, -0.2) is 48.0 Å². The summed E-state index contributed by atoms with van der Waals surface area (Å²) >= 11 is 0. The van der Waals surface area contributed by atoms with Gasteiger partial charge in [0.15, 0.2) is 0 Å². The number of phenolic OH excluding ortho intramolecular Hbond substituents is 1. The van der Waals surface area contributed by atoms with Gasteiger partial charge in [-0.25, -0.2) is 14.4 Å². The number of hydrogen-bond donors (Lipinski definition) is 3. The highest BCUT2D eigenvalue weighted by atomic mass is 19.4. The molecular formula is C51H40F6N6O10. The smallest absolute Gasteiger partial charge is 0.420 e. The van der Waals surface area contributed by atoms with Gasteiger partial charge in [0.05, 0.1) is 47.1 Å². The average Bonchev–Trinajstić information content (AvgIpc) is 3.35. The lowest BCUT2D eigenvalue weighted by molar-refractivity contribution is -0.139. The zero-order valence-corrected chi connectivity index (χ0v) is 37.9. The second-order valence-corrected chi connectivity index (χ2v) is 15.4. The summed E-state index contributed by atoms with van der Waals surface area (Å²) in [5.41, 5.74) is 7.31. The van der Waals surface area contributed by atoms with Crippen molar-refractivity contribution in [3.05, 3.63) is 167 Å². The van der Waals surface area contributed by atoms with Crippen LogP contribution in [0.15, 0.2) is 154 Å². The van der Waals surface area contributed by atoms with E-state index >= 15 is 0 Å². The highest BCUT2D eigenvalue weighted by Gasteiger charge is 2.37. The van der Waals surface area contributed by atoms with E-state index in [-0.39, 0.29) is 68.5 Å². The minimum atomic E-state index is -5.01. The maximum Gasteiger partial charge on any atom is 0.420 e. The number of unbranched alkanes of at least 4 members (excludes halogenated alkanes) is 3. The quantitative estimate of drug-likeness (QED) is 0.0163. The Kier molecular flexibility index (Phi) is 17.2. The molecule has 6 aromatic carbocycles. The van der Waals surface area contributed by atoms with E-state index in [0.29, 0.717) is 37.3 Å². The predicted octanol–water partition coefficient (Wildman–Crippen LogP) is 12.2. The summed E-state index contributed by atoms with van der Waals surface area (Å²) in [6, 6.07) is 22.9. The average molecular weight is 1010 g/mol. The molecule has 376 valence electrons. The molecule has 0 bridgehead atoms. The topological polar surface area (TPSA) is 244 Å². The SMILES string of the molecule is C=CC(=O)OCCCCCCOc1ccc(C(=O)Oc2ccc(N=Nc3ccc(-c4ccc(N=Nc5ccc(OC(=O)c6ccc(O)cc6)c(C(F)(F)F)c5)cc4C(N)=O)c(C(N)=O)c3)cc2C(F)(F)F)cc1. The normalized spacial score (nSPS) is 11.6. The molecule has 0 fully saturated rings. The van der Waals surface area contributed by atoms with Crippen molar-refractivity contribution >= 4 is 52.5 Å². The predicted molar refractivity (Wildman–Crippen MR) is 250 cm³/mol. The van der Waals surface area contributed by atoms with Gasteiger partial charge in [-0.05, 0) is 146 Å². The summed E-state index contributed by atoms with van der Waals surface area (Å²) in [5.74, 6) is -6.14. The van der Waals surface area contributed by atoms with Crippen LogP contribution in [0.3, 0.4) is 0 Å². The van der Waals surface area contributed by atoms with Gasteiger partial charge < -0.3 is 35.5 Å². The van der Waals surface area contributed by atoms with Crippen molar-refractivity contribution in [1.29, 1.82) is 0 Å². The van der Waals surface area contributed by atoms with Gasteiger partial charge in [0.25, 0.3) is 0 Å². The number of phenols is 1. The number of azo groups is 2. The highest BCUT2D eigenvalue weighted by molar-refractivity contribution is 6.06. The van der Waals surface area contributed by atoms with E-state index in [0.717, 1.165) is 79.6 Å². The van der Waals surface area contributed by atoms with Gasteiger partial charge in [-0.1, -0.05) is 18.7 Å². The maximum atomic E-state index is 14.3. The van der Waals surface area contributed by atoms with Crippen molar-refractivity contribution in [2.24, 2.45) is 31.9 Å². The Labute approximate surface area is 410 Å². The van der Waals surface area contributed by atoms with Gasteiger partial charge in [0.2, 0.25) is 11.8 Å². The number of rotatable bonds is 20. The summed E-state index contributed by atoms with van der Waals surface area (Å²) in [6.45, 7) is 3.97. The van der Waals surface area contributed by atoms with Crippen molar-refractivity contribution in [3.8, 4) is 34.1 Å². The number of primary amides is 2. The Morgan fingerprint density at radius 3 is 1.34 bits per heavy atom. The van der Waals surface area contributed by atoms with Crippen LogP contribution in [0.25, 0.3) is 11.1 Å². The number of nitrogens with two attached hydrogens (primary N) is 2. The minimum absolute atomic E-state index is 0.0532. The third-order valence-corrected chi connectivity index (χ3v) is 10.2. The van der Waals surface area contributed by atoms with Crippen LogP contribution in [-0.2, 0) is 21.9 Å². The summed E-state index contributed by atoms with van der Waals surface area (Å²) in [4.78, 5) is 61.9. The van der Waals surface area contributed by atoms with Gasteiger partial charge in [0, 0.05) is 17.2 Å². The van der Waals surface area contributed by atoms with E-state index in [1.54, 1.807) is 0 Å². The molecule has 0 unspecified atom stereocenters. The number of carbonyl (C=O) groups excluding carboxylic acids is 5. The zero-order valence-electron chi connectivity index (χ0n) is 37.9. The van der Waals surface area contributed by atoms with Crippen LogP contribution < -0.4 is 25.7 Å². The van der Waals surface area contributed by atoms with Crippen LogP contribution in [0.2, 0.25) is 0 Å². The molecule has 0 saturated heterocycles. The first kappa shape index (κ1) is 53.1. The summed E-state index contributed by atoms with van der Waals surface area (Å²) < 4.78 is 106. The Bertz CT molecular complexity index is 3110. The van der Waals surface area contributed by atoms with Gasteiger partial charge in [0.1, 0.15) is 34.1 Å². The largest absolute Gasteiger partial charge is 0.508 e. The second kappa shape index (κ2) is 23.6. The number of amides is 2. The molecule has 2 amide bonds. The van der Waals surface area contributed by atoms with E-state index in [1.165, 1.54) is 48.5 Å². The molecule has 0 aliphatic carbocycles.